The van der Waals surface area contributed by atoms with Gasteiger partial charge in [0, 0.05) is 12.6 Å². The van der Waals surface area contributed by atoms with Crippen LogP contribution in [0.25, 0.3) is 0 Å². The summed E-state index contributed by atoms with van der Waals surface area (Å²) in [5, 5.41) is 12.5. The molecular weight excluding hydrogens is 316 g/mol. The van der Waals surface area contributed by atoms with Gasteiger partial charge in [0.25, 0.3) is 0 Å². The van der Waals surface area contributed by atoms with Crippen molar-refractivity contribution in [3.05, 3.63) is 59.5 Å². The van der Waals surface area contributed by atoms with Gasteiger partial charge >= 0.3 is 0 Å². The molecule has 2 aromatic rings. The van der Waals surface area contributed by atoms with Crippen molar-refractivity contribution in [3.63, 3.8) is 0 Å². The molecule has 0 aliphatic heterocycles. The van der Waals surface area contributed by atoms with Crippen LogP contribution in [0.1, 0.15) is 48.7 Å². The maximum absolute atomic E-state index is 12.5. The lowest BCUT2D eigenvalue weighted by Gasteiger charge is -2.35. The fraction of sp³-hybridized carbons (Fsp3) is 0.450. The van der Waals surface area contributed by atoms with Gasteiger partial charge in [0.05, 0.1) is 25.5 Å². The van der Waals surface area contributed by atoms with E-state index in [1.165, 1.54) is 11.1 Å². The molecule has 1 amide bonds. The molecule has 1 aliphatic rings. The lowest BCUT2D eigenvalue weighted by Crippen LogP contribution is -2.42. The second-order valence-corrected chi connectivity index (χ2v) is 6.61. The molecule has 0 radical (unpaired) electrons. The highest BCUT2D eigenvalue weighted by molar-refractivity contribution is 5.78. The molecule has 2 N–H and O–H groups in total. The second-order valence-electron chi connectivity index (χ2n) is 6.61. The summed E-state index contributed by atoms with van der Waals surface area (Å²) in [7, 11) is 0. The highest BCUT2D eigenvalue weighted by Crippen LogP contribution is 2.33. The van der Waals surface area contributed by atoms with Gasteiger partial charge in [0.1, 0.15) is 5.76 Å². The molecule has 0 unspecified atom stereocenters. The number of aryl methyl sites for hydroxylation is 1. The van der Waals surface area contributed by atoms with E-state index in [-0.39, 0.29) is 31.1 Å². The minimum atomic E-state index is -0.169. The number of aliphatic hydroxyl groups excluding tert-OH is 1. The summed E-state index contributed by atoms with van der Waals surface area (Å²) in [5.41, 5.74) is 2.64. The molecule has 5 nitrogen and oxygen atoms in total. The summed E-state index contributed by atoms with van der Waals surface area (Å²) in [4.78, 5) is 14.6. The summed E-state index contributed by atoms with van der Waals surface area (Å²) in [6.07, 6.45) is 4.81. The van der Waals surface area contributed by atoms with Gasteiger partial charge in [0.15, 0.2) is 0 Å². The third-order valence-electron chi connectivity index (χ3n) is 4.86. The van der Waals surface area contributed by atoms with Crippen LogP contribution in [0.3, 0.4) is 0 Å². The number of nitrogens with zero attached hydrogens (tertiary/aromatic N) is 1. The molecule has 5 heteroatoms. The van der Waals surface area contributed by atoms with Gasteiger partial charge in [-0.15, -0.1) is 0 Å². The third-order valence-corrected chi connectivity index (χ3v) is 4.86. The van der Waals surface area contributed by atoms with Crippen LogP contribution in [0, 0.1) is 0 Å². The molecule has 3 rings (SSSR count). The van der Waals surface area contributed by atoms with Gasteiger partial charge in [-0.05, 0) is 49.4 Å². The summed E-state index contributed by atoms with van der Waals surface area (Å²) in [5.74, 6) is 0.686. The summed E-state index contributed by atoms with van der Waals surface area (Å²) in [6, 6.07) is 12.1. The van der Waals surface area contributed by atoms with E-state index < -0.39 is 0 Å². The molecule has 1 aliphatic carbocycles. The molecule has 1 heterocycles. The van der Waals surface area contributed by atoms with E-state index in [0.717, 1.165) is 25.0 Å². The molecule has 0 saturated heterocycles. The Morgan fingerprint density at radius 3 is 2.96 bits per heavy atom. The fourth-order valence-electron chi connectivity index (χ4n) is 3.66. The van der Waals surface area contributed by atoms with Crippen LogP contribution in [0.2, 0.25) is 0 Å². The van der Waals surface area contributed by atoms with E-state index in [1.54, 1.807) is 6.26 Å². The number of furan rings is 1. The Hall–Kier alpha value is -2.11. The van der Waals surface area contributed by atoms with Crippen LogP contribution >= 0.6 is 0 Å². The largest absolute Gasteiger partial charge is 0.467 e. The van der Waals surface area contributed by atoms with Crippen molar-refractivity contribution in [2.45, 2.75) is 38.3 Å². The lowest BCUT2D eigenvalue weighted by molar-refractivity contribution is -0.123. The Bertz CT molecular complexity index is 684. The number of hydrogen-bond acceptors (Lipinski definition) is 4. The van der Waals surface area contributed by atoms with E-state index in [4.69, 9.17) is 4.42 Å². The van der Waals surface area contributed by atoms with Crippen LogP contribution in [0.5, 0.6) is 0 Å². The zero-order valence-corrected chi connectivity index (χ0v) is 14.6. The van der Waals surface area contributed by atoms with Crippen molar-refractivity contribution in [1.29, 1.82) is 0 Å². The second kappa shape index (κ2) is 8.32. The number of nitrogens with one attached hydrogen (secondary N) is 1. The maximum atomic E-state index is 12.5. The Kier molecular flexibility index (Phi) is 5.89. The number of fused-ring (bicyclic) bond motifs is 1. The zero-order chi connectivity index (χ0) is 17.6. The average molecular weight is 342 g/mol. The topological polar surface area (TPSA) is 65.7 Å². The number of aliphatic hydroxyl groups is 1. The van der Waals surface area contributed by atoms with Crippen molar-refractivity contribution in [2.24, 2.45) is 0 Å². The van der Waals surface area contributed by atoms with Crippen molar-refractivity contribution in [3.8, 4) is 0 Å². The Labute approximate surface area is 148 Å². The summed E-state index contributed by atoms with van der Waals surface area (Å²) >= 11 is 0. The number of rotatable bonds is 7. The maximum Gasteiger partial charge on any atom is 0.234 e. The highest BCUT2D eigenvalue weighted by atomic mass is 16.3. The normalized spacial score (nSPS) is 18.0. The fourth-order valence-corrected chi connectivity index (χ4v) is 3.66. The van der Waals surface area contributed by atoms with Gasteiger partial charge < -0.3 is 14.8 Å². The highest BCUT2D eigenvalue weighted by Gasteiger charge is 2.27. The molecule has 2 atom stereocenters. The molecule has 0 bridgehead atoms. The first kappa shape index (κ1) is 17.7. The first-order valence-corrected chi connectivity index (χ1v) is 8.94. The Morgan fingerprint density at radius 2 is 2.20 bits per heavy atom. The predicted octanol–water partition coefficient (Wildman–Crippen LogP) is 2.83. The quantitative estimate of drug-likeness (QED) is 0.812. The van der Waals surface area contributed by atoms with Gasteiger partial charge in [-0.2, -0.15) is 0 Å². The summed E-state index contributed by atoms with van der Waals surface area (Å²) < 4.78 is 5.34. The van der Waals surface area contributed by atoms with Crippen LogP contribution in [0.4, 0.5) is 0 Å². The minimum absolute atomic E-state index is 0.0414. The first-order valence-electron chi connectivity index (χ1n) is 8.94. The molecule has 134 valence electrons. The molecule has 0 saturated carbocycles. The van der Waals surface area contributed by atoms with Crippen LogP contribution in [0.15, 0.2) is 47.1 Å². The smallest absolute Gasteiger partial charge is 0.234 e. The van der Waals surface area contributed by atoms with Crippen LogP contribution < -0.4 is 5.32 Å². The Balaban J connectivity index is 1.68. The van der Waals surface area contributed by atoms with Crippen molar-refractivity contribution in [2.75, 3.05) is 19.7 Å². The molecule has 0 spiro atoms. The third kappa shape index (κ3) is 4.30. The molecule has 0 fully saturated rings. The van der Waals surface area contributed by atoms with Crippen molar-refractivity contribution < 1.29 is 14.3 Å². The number of amides is 1. The van der Waals surface area contributed by atoms with E-state index in [9.17, 15) is 9.90 Å². The van der Waals surface area contributed by atoms with E-state index in [2.05, 4.69) is 28.4 Å². The van der Waals surface area contributed by atoms with Gasteiger partial charge in [-0.25, -0.2) is 0 Å². The number of benzene rings is 1. The number of hydrogen-bond donors (Lipinski definition) is 2. The minimum Gasteiger partial charge on any atom is -0.467 e. The van der Waals surface area contributed by atoms with E-state index in [0.29, 0.717) is 6.54 Å². The zero-order valence-electron chi connectivity index (χ0n) is 14.6. The molecule has 25 heavy (non-hydrogen) atoms. The average Bonchev–Trinajstić information content (AvgIpc) is 3.15. The molecule has 1 aromatic heterocycles. The number of carbonyl (C=O) groups excluding carboxylic acids is 1. The van der Waals surface area contributed by atoms with Gasteiger partial charge in [-0.1, -0.05) is 24.3 Å². The van der Waals surface area contributed by atoms with E-state index >= 15 is 0 Å². The number of carbonyl (C=O) groups is 1. The Morgan fingerprint density at radius 1 is 1.36 bits per heavy atom. The van der Waals surface area contributed by atoms with E-state index in [1.807, 2.05) is 25.1 Å². The first-order chi connectivity index (χ1) is 12.2. The molecular formula is C20H26N2O3. The van der Waals surface area contributed by atoms with Crippen molar-refractivity contribution >= 4 is 5.91 Å². The monoisotopic (exact) mass is 342 g/mol. The standard InChI is InChI=1S/C20H26N2O3/c1-15(19-10-5-13-25-19)21-20(24)14-22(11-12-23)18-9-4-7-16-6-2-3-8-17(16)18/h2-3,5-6,8,10,13,15,18,23H,4,7,9,11-12,14H2,1H3,(H,21,24)/t15-,18+/m1/s1. The van der Waals surface area contributed by atoms with Crippen molar-refractivity contribution in [1.82, 2.24) is 10.2 Å². The van der Waals surface area contributed by atoms with Crippen LogP contribution in [-0.4, -0.2) is 35.6 Å². The predicted molar refractivity (Wildman–Crippen MR) is 96.0 cm³/mol. The van der Waals surface area contributed by atoms with Crippen LogP contribution in [-0.2, 0) is 11.2 Å². The molecule has 1 aromatic carbocycles. The lowest BCUT2D eigenvalue weighted by atomic mass is 9.87. The van der Waals surface area contributed by atoms with Gasteiger partial charge in [-0.3, -0.25) is 9.69 Å². The van der Waals surface area contributed by atoms with Gasteiger partial charge in [0.2, 0.25) is 5.91 Å². The SMILES string of the molecule is C[C@@H](NC(=O)CN(CCO)[C@H]1CCCc2ccccc21)c1ccco1. The summed E-state index contributed by atoms with van der Waals surface area (Å²) in [6.45, 7) is 2.70.